The van der Waals surface area contributed by atoms with E-state index in [-0.39, 0.29) is 0 Å². The summed E-state index contributed by atoms with van der Waals surface area (Å²) < 4.78 is 11.1. The van der Waals surface area contributed by atoms with E-state index in [0.29, 0.717) is 13.2 Å². The minimum absolute atomic E-state index is 0.450. The predicted octanol–water partition coefficient (Wildman–Crippen LogP) is 2.15. The van der Waals surface area contributed by atoms with Gasteiger partial charge in [0.25, 0.3) is 0 Å². The summed E-state index contributed by atoms with van der Waals surface area (Å²) >= 11 is 0. The van der Waals surface area contributed by atoms with Gasteiger partial charge in [0, 0.05) is 0 Å². The quantitative estimate of drug-likeness (QED) is 0.466. The monoisotopic (exact) mass is 299 g/mol. The van der Waals surface area contributed by atoms with Crippen LogP contribution in [-0.2, 0) is 0 Å². The molecular formula is C16H17N3O3. The molecule has 3 N–H and O–H groups in total. The molecule has 0 aliphatic rings. The van der Waals surface area contributed by atoms with Crippen molar-refractivity contribution < 1.29 is 14.3 Å². The summed E-state index contributed by atoms with van der Waals surface area (Å²) in [4.78, 5) is 10.5. The van der Waals surface area contributed by atoms with Gasteiger partial charge in [-0.05, 0) is 42.0 Å². The van der Waals surface area contributed by atoms with Crippen molar-refractivity contribution in [3.8, 4) is 11.5 Å². The molecule has 0 saturated carbocycles. The number of carbonyl (C=O) groups excluding carboxylic acids is 1. The van der Waals surface area contributed by atoms with Gasteiger partial charge in [0.1, 0.15) is 24.7 Å². The number of nitrogens with two attached hydrogens (primary N) is 1. The first kappa shape index (κ1) is 15.4. The number of nitrogens with one attached hydrogen (secondary N) is 1. The molecule has 0 atom stereocenters. The van der Waals surface area contributed by atoms with Crippen molar-refractivity contribution in [3.05, 3.63) is 60.2 Å². The van der Waals surface area contributed by atoms with Crippen LogP contribution in [0, 0.1) is 0 Å². The molecule has 6 nitrogen and oxygen atoms in total. The maximum Gasteiger partial charge on any atom is 0.332 e. The molecule has 2 aromatic carbocycles. The molecule has 0 aromatic heterocycles. The van der Waals surface area contributed by atoms with E-state index in [1.807, 2.05) is 54.6 Å². The molecular weight excluding hydrogens is 282 g/mol. The first-order valence-electron chi connectivity index (χ1n) is 6.73. The maximum absolute atomic E-state index is 10.5. The Hall–Kier alpha value is -3.02. The molecule has 2 amide bonds. The van der Waals surface area contributed by atoms with E-state index in [4.69, 9.17) is 15.2 Å². The van der Waals surface area contributed by atoms with Gasteiger partial charge in [0.2, 0.25) is 0 Å². The molecule has 6 heteroatoms. The molecule has 2 rings (SSSR count). The molecule has 0 aliphatic heterocycles. The zero-order chi connectivity index (χ0) is 15.6. The number of ether oxygens (including phenoxy) is 2. The van der Waals surface area contributed by atoms with Gasteiger partial charge in [-0.25, -0.2) is 10.2 Å². The SMILES string of the molecule is NC(=O)N/N=C/c1ccc(OCCOc2ccccc2)cc1. The summed E-state index contributed by atoms with van der Waals surface area (Å²) in [6.45, 7) is 0.918. The van der Waals surface area contributed by atoms with Gasteiger partial charge in [0.15, 0.2) is 0 Å². The van der Waals surface area contributed by atoms with Crippen LogP contribution in [0.25, 0.3) is 0 Å². The fourth-order valence-electron chi connectivity index (χ4n) is 1.66. The Morgan fingerprint density at radius 1 is 1.00 bits per heavy atom. The number of hydrazone groups is 1. The predicted molar refractivity (Wildman–Crippen MR) is 84.2 cm³/mol. The van der Waals surface area contributed by atoms with Crippen LogP contribution in [0.5, 0.6) is 11.5 Å². The van der Waals surface area contributed by atoms with Crippen molar-refractivity contribution in [1.29, 1.82) is 0 Å². The normalized spacial score (nSPS) is 10.4. The van der Waals surface area contributed by atoms with Crippen LogP contribution >= 0.6 is 0 Å². The van der Waals surface area contributed by atoms with Gasteiger partial charge in [-0.15, -0.1) is 0 Å². The highest BCUT2D eigenvalue weighted by Crippen LogP contribution is 2.12. The van der Waals surface area contributed by atoms with Gasteiger partial charge in [-0.1, -0.05) is 18.2 Å². The van der Waals surface area contributed by atoms with E-state index >= 15 is 0 Å². The Kier molecular flexibility index (Phi) is 5.80. The van der Waals surface area contributed by atoms with E-state index in [0.717, 1.165) is 17.1 Å². The topological polar surface area (TPSA) is 85.9 Å². The van der Waals surface area contributed by atoms with Crippen molar-refractivity contribution in [2.75, 3.05) is 13.2 Å². The second kappa shape index (κ2) is 8.31. The van der Waals surface area contributed by atoms with Crippen molar-refractivity contribution >= 4 is 12.2 Å². The second-order valence-electron chi connectivity index (χ2n) is 4.31. The minimum Gasteiger partial charge on any atom is -0.490 e. The van der Waals surface area contributed by atoms with Crippen molar-refractivity contribution in [2.45, 2.75) is 0 Å². The molecule has 0 heterocycles. The highest BCUT2D eigenvalue weighted by atomic mass is 16.5. The number of nitrogens with zero attached hydrogens (tertiary/aromatic N) is 1. The molecule has 0 saturated heterocycles. The Balaban J connectivity index is 1.72. The smallest absolute Gasteiger partial charge is 0.332 e. The number of benzene rings is 2. The summed E-state index contributed by atoms with van der Waals surface area (Å²) in [5.41, 5.74) is 7.84. The molecule has 0 radical (unpaired) electrons. The highest BCUT2D eigenvalue weighted by molar-refractivity contribution is 5.81. The third-order valence-electron chi connectivity index (χ3n) is 2.63. The Bertz CT molecular complexity index is 612. The zero-order valence-corrected chi connectivity index (χ0v) is 11.9. The first-order chi connectivity index (χ1) is 10.7. The molecule has 0 unspecified atom stereocenters. The average molecular weight is 299 g/mol. The molecule has 0 bridgehead atoms. The number of hydrogen-bond donors (Lipinski definition) is 2. The summed E-state index contributed by atoms with van der Waals surface area (Å²) in [5, 5.41) is 3.67. The van der Waals surface area contributed by atoms with Gasteiger partial charge < -0.3 is 15.2 Å². The van der Waals surface area contributed by atoms with Crippen LogP contribution in [0.3, 0.4) is 0 Å². The summed E-state index contributed by atoms with van der Waals surface area (Å²) in [6.07, 6.45) is 1.49. The number of para-hydroxylation sites is 1. The van der Waals surface area contributed by atoms with Gasteiger partial charge in [-0.2, -0.15) is 5.10 Å². The van der Waals surface area contributed by atoms with Gasteiger partial charge in [0.05, 0.1) is 6.21 Å². The van der Waals surface area contributed by atoms with Crippen LogP contribution in [0.15, 0.2) is 59.7 Å². The number of urea groups is 1. The number of carbonyl (C=O) groups is 1. The minimum atomic E-state index is -0.699. The molecule has 0 fully saturated rings. The lowest BCUT2D eigenvalue weighted by Gasteiger charge is -2.08. The van der Waals surface area contributed by atoms with Crippen LogP contribution in [0.1, 0.15) is 5.56 Å². The van der Waals surface area contributed by atoms with E-state index in [1.54, 1.807) is 0 Å². The third-order valence-corrected chi connectivity index (χ3v) is 2.63. The summed E-state index contributed by atoms with van der Waals surface area (Å²) in [6, 6.07) is 16.1. The van der Waals surface area contributed by atoms with E-state index in [9.17, 15) is 4.79 Å². The second-order valence-corrected chi connectivity index (χ2v) is 4.31. The van der Waals surface area contributed by atoms with Crippen molar-refractivity contribution in [2.24, 2.45) is 10.8 Å². The van der Waals surface area contributed by atoms with Crippen LogP contribution in [0.2, 0.25) is 0 Å². The highest BCUT2D eigenvalue weighted by Gasteiger charge is 1.96. The molecule has 22 heavy (non-hydrogen) atoms. The average Bonchev–Trinajstić information content (AvgIpc) is 2.54. The van der Waals surface area contributed by atoms with Gasteiger partial charge >= 0.3 is 6.03 Å². The number of rotatable bonds is 7. The fraction of sp³-hybridized carbons (Fsp3) is 0.125. The number of hydrogen-bond acceptors (Lipinski definition) is 4. The van der Waals surface area contributed by atoms with Crippen molar-refractivity contribution in [3.63, 3.8) is 0 Å². The maximum atomic E-state index is 10.5. The van der Waals surface area contributed by atoms with Crippen molar-refractivity contribution in [1.82, 2.24) is 5.43 Å². The Morgan fingerprint density at radius 3 is 2.18 bits per heavy atom. The largest absolute Gasteiger partial charge is 0.490 e. The lowest BCUT2D eigenvalue weighted by Crippen LogP contribution is -2.24. The fourth-order valence-corrected chi connectivity index (χ4v) is 1.66. The standard InChI is InChI=1S/C16H17N3O3/c17-16(20)19-18-12-13-6-8-15(9-7-13)22-11-10-21-14-4-2-1-3-5-14/h1-9,12H,10-11H2,(H3,17,19,20)/b18-12+. The van der Waals surface area contributed by atoms with E-state index < -0.39 is 6.03 Å². The third kappa shape index (κ3) is 5.54. The van der Waals surface area contributed by atoms with Crippen LogP contribution in [-0.4, -0.2) is 25.5 Å². The number of primary amides is 1. The Morgan fingerprint density at radius 2 is 1.59 bits per heavy atom. The molecule has 114 valence electrons. The van der Waals surface area contributed by atoms with E-state index in [1.165, 1.54) is 6.21 Å². The van der Waals surface area contributed by atoms with Crippen LogP contribution in [0.4, 0.5) is 4.79 Å². The first-order valence-corrected chi connectivity index (χ1v) is 6.73. The summed E-state index contributed by atoms with van der Waals surface area (Å²) in [7, 11) is 0. The lowest BCUT2D eigenvalue weighted by molar-refractivity contribution is 0.217. The number of amides is 2. The lowest BCUT2D eigenvalue weighted by atomic mass is 10.2. The molecule has 2 aromatic rings. The molecule has 0 aliphatic carbocycles. The summed E-state index contributed by atoms with van der Waals surface area (Å²) in [5.74, 6) is 1.55. The van der Waals surface area contributed by atoms with Crippen LogP contribution < -0.4 is 20.6 Å². The Labute approximate surface area is 128 Å². The zero-order valence-electron chi connectivity index (χ0n) is 11.9. The molecule has 0 spiro atoms. The van der Waals surface area contributed by atoms with E-state index in [2.05, 4.69) is 10.5 Å². The van der Waals surface area contributed by atoms with Gasteiger partial charge in [-0.3, -0.25) is 0 Å².